The summed E-state index contributed by atoms with van der Waals surface area (Å²) in [5.41, 5.74) is 1.95. The van der Waals surface area contributed by atoms with Crippen molar-refractivity contribution in [1.29, 1.82) is 0 Å². The third kappa shape index (κ3) is 3.08. The van der Waals surface area contributed by atoms with Crippen LogP contribution in [0.2, 0.25) is 0 Å². The highest BCUT2D eigenvalue weighted by Gasteiger charge is 2.15. The molecular formula is C14H13BrN2O2S. The van der Waals surface area contributed by atoms with Crippen LogP contribution in [0.5, 0.6) is 0 Å². The summed E-state index contributed by atoms with van der Waals surface area (Å²) in [6, 6.07) is 8.72. The largest absolute Gasteiger partial charge is 0.355 e. The fraction of sp³-hybridized carbons (Fsp3) is 0.143. The van der Waals surface area contributed by atoms with Crippen LogP contribution in [0.4, 0.5) is 5.69 Å². The maximum Gasteiger partial charge on any atom is 0.265 e. The first-order chi connectivity index (χ1) is 9.52. The molecule has 0 bridgehead atoms. The molecule has 2 aromatic rings. The minimum Gasteiger partial charge on any atom is -0.355 e. The molecule has 0 aliphatic rings. The average Bonchev–Trinajstić information content (AvgIpc) is 2.78. The van der Waals surface area contributed by atoms with Gasteiger partial charge in [0.25, 0.3) is 11.8 Å². The first-order valence-corrected chi connectivity index (χ1v) is 7.52. The summed E-state index contributed by atoms with van der Waals surface area (Å²) in [6.45, 7) is 1.93. The van der Waals surface area contributed by atoms with Crippen molar-refractivity contribution in [3.63, 3.8) is 0 Å². The second kappa shape index (κ2) is 6.19. The van der Waals surface area contributed by atoms with Crippen molar-refractivity contribution in [3.8, 4) is 0 Å². The van der Waals surface area contributed by atoms with Crippen LogP contribution in [0.3, 0.4) is 0 Å². The smallest absolute Gasteiger partial charge is 0.265 e. The number of thiophene rings is 1. The standard InChI is InChI=1S/C14H13BrN2O2S/c1-8-7-11(20-12(8)15)14(19)17-10-6-4-3-5-9(10)13(18)16-2/h3-7H,1-2H3,(H,16,18)(H,17,19). The van der Waals surface area contributed by atoms with Gasteiger partial charge in [-0.3, -0.25) is 9.59 Å². The van der Waals surface area contributed by atoms with Crippen LogP contribution < -0.4 is 10.6 Å². The van der Waals surface area contributed by atoms with Gasteiger partial charge in [-0.15, -0.1) is 11.3 Å². The van der Waals surface area contributed by atoms with Crippen LogP contribution in [0.25, 0.3) is 0 Å². The molecule has 1 aromatic heterocycles. The monoisotopic (exact) mass is 352 g/mol. The zero-order valence-corrected chi connectivity index (χ0v) is 13.4. The van der Waals surface area contributed by atoms with Crippen molar-refractivity contribution in [2.24, 2.45) is 0 Å². The fourth-order valence-corrected chi connectivity index (χ4v) is 3.11. The van der Waals surface area contributed by atoms with Gasteiger partial charge in [0.15, 0.2) is 0 Å². The Labute approximate surface area is 129 Å². The fourth-order valence-electron chi connectivity index (χ4n) is 1.68. The number of carbonyl (C=O) groups is 2. The molecule has 0 aliphatic carbocycles. The van der Waals surface area contributed by atoms with Crippen molar-refractivity contribution in [1.82, 2.24) is 5.32 Å². The van der Waals surface area contributed by atoms with E-state index in [-0.39, 0.29) is 11.8 Å². The summed E-state index contributed by atoms with van der Waals surface area (Å²) >= 11 is 4.76. The zero-order valence-electron chi connectivity index (χ0n) is 11.0. The number of hydrogen-bond acceptors (Lipinski definition) is 3. The van der Waals surface area contributed by atoms with E-state index in [1.807, 2.05) is 13.0 Å². The molecule has 0 aliphatic heterocycles. The third-order valence-electron chi connectivity index (χ3n) is 2.73. The average molecular weight is 353 g/mol. The number of hydrogen-bond donors (Lipinski definition) is 2. The second-order valence-corrected chi connectivity index (χ2v) is 6.52. The molecule has 2 rings (SSSR count). The highest BCUT2D eigenvalue weighted by atomic mass is 79.9. The molecule has 0 saturated carbocycles. The Hall–Kier alpha value is -1.66. The predicted octanol–water partition coefficient (Wildman–Crippen LogP) is 3.43. The van der Waals surface area contributed by atoms with E-state index in [1.54, 1.807) is 31.3 Å². The van der Waals surface area contributed by atoms with E-state index in [0.29, 0.717) is 16.1 Å². The van der Waals surface area contributed by atoms with E-state index in [4.69, 9.17) is 0 Å². The molecule has 1 aromatic carbocycles. The summed E-state index contributed by atoms with van der Waals surface area (Å²) in [5, 5.41) is 5.33. The van der Waals surface area contributed by atoms with E-state index in [2.05, 4.69) is 26.6 Å². The van der Waals surface area contributed by atoms with Crippen molar-refractivity contribution >= 4 is 44.8 Å². The maximum absolute atomic E-state index is 12.2. The first kappa shape index (κ1) is 14.7. The molecule has 2 N–H and O–H groups in total. The summed E-state index contributed by atoms with van der Waals surface area (Å²) in [5.74, 6) is -0.454. The zero-order chi connectivity index (χ0) is 14.7. The van der Waals surface area contributed by atoms with Crippen molar-refractivity contribution in [2.45, 2.75) is 6.92 Å². The Morgan fingerprint density at radius 3 is 2.50 bits per heavy atom. The lowest BCUT2D eigenvalue weighted by atomic mass is 10.1. The Morgan fingerprint density at radius 1 is 1.20 bits per heavy atom. The van der Waals surface area contributed by atoms with Gasteiger partial charge in [0, 0.05) is 7.05 Å². The SMILES string of the molecule is CNC(=O)c1ccccc1NC(=O)c1cc(C)c(Br)s1. The molecule has 104 valence electrons. The topological polar surface area (TPSA) is 58.2 Å². The molecule has 2 amide bonds. The predicted molar refractivity (Wildman–Crippen MR) is 84.5 cm³/mol. The summed E-state index contributed by atoms with van der Waals surface area (Å²) in [4.78, 5) is 24.5. The molecule has 20 heavy (non-hydrogen) atoms. The number of amides is 2. The van der Waals surface area contributed by atoms with Gasteiger partial charge in [-0.1, -0.05) is 12.1 Å². The Kier molecular flexibility index (Phi) is 4.57. The lowest BCUT2D eigenvalue weighted by Gasteiger charge is -2.09. The van der Waals surface area contributed by atoms with E-state index in [9.17, 15) is 9.59 Å². The van der Waals surface area contributed by atoms with Gasteiger partial charge in [0.05, 0.1) is 19.9 Å². The van der Waals surface area contributed by atoms with Gasteiger partial charge >= 0.3 is 0 Å². The van der Waals surface area contributed by atoms with Crippen molar-refractivity contribution in [3.05, 3.63) is 50.1 Å². The van der Waals surface area contributed by atoms with E-state index >= 15 is 0 Å². The molecule has 0 radical (unpaired) electrons. The van der Waals surface area contributed by atoms with Gasteiger partial charge in [-0.25, -0.2) is 0 Å². The van der Waals surface area contributed by atoms with Gasteiger partial charge < -0.3 is 10.6 Å². The lowest BCUT2D eigenvalue weighted by molar-refractivity contribution is 0.0964. The van der Waals surface area contributed by atoms with Crippen LogP contribution >= 0.6 is 27.3 Å². The highest BCUT2D eigenvalue weighted by molar-refractivity contribution is 9.11. The van der Waals surface area contributed by atoms with Crippen LogP contribution in [0.1, 0.15) is 25.6 Å². The Bertz CT molecular complexity index is 647. The van der Waals surface area contributed by atoms with E-state index < -0.39 is 0 Å². The van der Waals surface area contributed by atoms with Crippen molar-refractivity contribution < 1.29 is 9.59 Å². The lowest BCUT2D eigenvalue weighted by Crippen LogP contribution is -2.21. The molecular weight excluding hydrogens is 340 g/mol. The molecule has 0 saturated heterocycles. The minimum absolute atomic E-state index is 0.222. The molecule has 1 heterocycles. The number of para-hydroxylation sites is 1. The Morgan fingerprint density at radius 2 is 1.90 bits per heavy atom. The molecule has 0 unspecified atom stereocenters. The van der Waals surface area contributed by atoms with Gasteiger partial charge in [-0.05, 0) is 46.6 Å². The third-order valence-corrected chi connectivity index (χ3v) is 4.86. The molecule has 0 spiro atoms. The van der Waals surface area contributed by atoms with Crippen LogP contribution in [-0.2, 0) is 0 Å². The number of anilines is 1. The number of aryl methyl sites for hydroxylation is 1. The first-order valence-electron chi connectivity index (χ1n) is 5.91. The van der Waals surface area contributed by atoms with Crippen molar-refractivity contribution in [2.75, 3.05) is 12.4 Å². The van der Waals surface area contributed by atoms with Crippen LogP contribution in [0, 0.1) is 6.92 Å². The molecule has 0 atom stereocenters. The van der Waals surface area contributed by atoms with E-state index in [1.165, 1.54) is 11.3 Å². The minimum atomic E-state index is -0.232. The Balaban J connectivity index is 2.26. The van der Waals surface area contributed by atoms with Gasteiger partial charge in [0.2, 0.25) is 0 Å². The number of rotatable bonds is 3. The number of benzene rings is 1. The summed E-state index contributed by atoms with van der Waals surface area (Å²) in [7, 11) is 1.56. The molecule has 4 nitrogen and oxygen atoms in total. The number of halogens is 1. The van der Waals surface area contributed by atoms with Gasteiger partial charge in [0.1, 0.15) is 0 Å². The molecule has 6 heteroatoms. The number of nitrogens with one attached hydrogen (secondary N) is 2. The molecule has 0 fully saturated rings. The highest BCUT2D eigenvalue weighted by Crippen LogP contribution is 2.28. The maximum atomic E-state index is 12.2. The van der Waals surface area contributed by atoms with Crippen LogP contribution in [-0.4, -0.2) is 18.9 Å². The second-order valence-electron chi connectivity index (χ2n) is 4.15. The number of carbonyl (C=O) groups excluding carboxylic acids is 2. The van der Waals surface area contributed by atoms with E-state index in [0.717, 1.165) is 9.35 Å². The normalized spacial score (nSPS) is 10.2. The summed E-state index contributed by atoms with van der Waals surface area (Å²) < 4.78 is 0.933. The van der Waals surface area contributed by atoms with Gasteiger partial charge in [-0.2, -0.15) is 0 Å². The quantitative estimate of drug-likeness (QED) is 0.888. The summed E-state index contributed by atoms with van der Waals surface area (Å²) in [6.07, 6.45) is 0. The van der Waals surface area contributed by atoms with Crippen LogP contribution in [0.15, 0.2) is 34.1 Å².